The van der Waals surface area contributed by atoms with Gasteiger partial charge in [0.15, 0.2) is 0 Å². The summed E-state index contributed by atoms with van der Waals surface area (Å²) >= 11 is 0. The van der Waals surface area contributed by atoms with Crippen LogP contribution < -0.4 is 5.32 Å². The average Bonchev–Trinajstić information content (AvgIpc) is 2.19. The molecule has 1 aliphatic rings. The molecule has 1 rings (SSSR count). The van der Waals surface area contributed by atoms with Gasteiger partial charge in [-0.1, -0.05) is 13.5 Å². The van der Waals surface area contributed by atoms with Gasteiger partial charge in [0, 0.05) is 19.0 Å². The number of carbonyl (C=O) groups is 1. The molecule has 1 fully saturated rings. The van der Waals surface area contributed by atoms with Gasteiger partial charge in [0.2, 0.25) is 5.79 Å². The second-order valence-electron chi connectivity index (χ2n) is 2.91. The molecule has 0 aromatic carbocycles. The van der Waals surface area contributed by atoms with Crippen LogP contribution in [0.15, 0.2) is 12.7 Å². The second-order valence-corrected chi connectivity index (χ2v) is 2.91. The minimum atomic E-state index is -0.788. The van der Waals surface area contributed by atoms with E-state index in [1.807, 2.05) is 6.92 Å². The SMILES string of the molecule is C=CC(=O)OC1(CC)CNCCO1. The van der Waals surface area contributed by atoms with Gasteiger partial charge in [0.25, 0.3) is 0 Å². The monoisotopic (exact) mass is 185 g/mol. The van der Waals surface area contributed by atoms with Crippen molar-refractivity contribution in [2.75, 3.05) is 19.7 Å². The third kappa shape index (κ3) is 2.54. The van der Waals surface area contributed by atoms with E-state index in [4.69, 9.17) is 9.47 Å². The molecular formula is C9H15NO3. The normalized spacial score (nSPS) is 28.1. The van der Waals surface area contributed by atoms with E-state index in [1.165, 1.54) is 0 Å². The zero-order chi connectivity index (χ0) is 9.73. The number of hydrogen-bond donors (Lipinski definition) is 1. The summed E-state index contributed by atoms with van der Waals surface area (Å²) in [6.07, 6.45) is 1.79. The molecule has 4 heteroatoms. The van der Waals surface area contributed by atoms with Crippen LogP contribution >= 0.6 is 0 Å². The molecule has 0 aliphatic carbocycles. The first-order valence-electron chi connectivity index (χ1n) is 4.42. The summed E-state index contributed by atoms with van der Waals surface area (Å²) in [5.41, 5.74) is 0. The zero-order valence-electron chi connectivity index (χ0n) is 7.84. The van der Waals surface area contributed by atoms with E-state index in [0.29, 0.717) is 19.6 Å². The molecular weight excluding hydrogens is 170 g/mol. The Hall–Kier alpha value is -0.870. The summed E-state index contributed by atoms with van der Waals surface area (Å²) in [4.78, 5) is 11.0. The zero-order valence-corrected chi connectivity index (χ0v) is 7.84. The smallest absolute Gasteiger partial charge is 0.332 e. The predicted molar refractivity (Wildman–Crippen MR) is 48.1 cm³/mol. The van der Waals surface area contributed by atoms with Crippen LogP contribution in [0.3, 0.4) is 0 Å². The standard InChI is InChI=1S/C9H15NO3/c1-3-8(11)13-9(4-2)7-10-5-6-12-9/h3,10H,1,4-7H2,2H3. The Bertz CT molecular complexity index is 197. The Labute approximate surface area is 77.9 Å². The van der Waals surface area contributed by atoms with Crippen molar-refractivity contribution in [1.29, 1.82) is 0 Å². The fourth-order valence-electron chi connectivity index (χ4n) is 1.23. The first-order chi connectivity index (χ1) is 6.22. The van der Waals surface area contributed by atoms with Crippen LogP contribution in [0, 0.1) is 0 Å². The van der Waals surface area contributed by atoms with Gasteiger partial charge in [-0.15, -0.1) is 0 Å². The summed E-state index contributed by atoms with van der Waals surface area (Å²) in [6, 6.07) is 0. The maximum absolute atomic E-state index is 11.0. The minimum Gasteiger partial charge on any atom is -0.429 e. The molecule has 0 bridgehead atoms. The first kappa shape index (κ1) is 10.2. The molecule has 1 unspecified atom stereocenters. The van der Waals surface area contributed by atoms with Crippen molar-refractivity contribution in [3.8, 4) is 0 Å². The van der Waals surface area contributed by atoms with E-state index < -0.39 is 11.8 Å². The molecule has 1 N–H and O–H groups in total. The van der Waals surface area contributed by atoms with E-state index in [2.05, 4.69) is 11.9 Å². The van der Waals surface area contributed by atoms with Crippen molar-refractivity contribution in [3.05, 3.63) is 12.7 Å². The highest BCUT2D eigenvalue weighted by Crippen LogP contribution is 2.19. The lowest BCUT2D eigenvalue weighted by molar-refractivity contribution is -0.236. The van der Waals surface area contributed by atoms with Crippen LogP contribution in [0.25, 0.3) is 0 Å². The largest absolute Gasteiger partial charge is 0.429 e. The van der Waals surface area contributed by atoms with Crippen molar-refractivity contribution >= 4 is 5.97 Å². The molecule has 0 aromatic rings. The highest BCUT2D eigenvalue weighted by Gasteiger charge is 2.34. The van der Waals surface area contributed by atoms with Gasteiger partial charge in [-0.2, -0.15) is 0 Å². The van der Waals surface area contributed by atoms with Crippen LogP contribution in [-0.4, -0.2) is 31.5 Å². The van der Waals surface area contributed by atoms with Crippen LogP contribution in [-0.2, 0) is 14.3 Å². The topological polar surface area (TPSA) is 47.6 Å². The van der Waals surface area contributed by atoms with Gasteiger partial charge in [0.1, 0.15) is 0 Å². The number of ether oxygens (including phenoxy) is 2. The van der Waals surface area contributed by atoms with Crippen molar-refractivity contribution in [3.63, 3.8) is 0 Å². The summed E-state index contributed by atoms with van der Waals surface area (Å²) < 4.78 is 10.6. The Morgan fingerprint density at radius 3 is 3.08 bits per heavy atom. The van der Waals surface area contributed by atoms with Crippen molar-refractivity contribution in [1.82, 2.24) is 5.32 Å². The van der Waals surface area contributed by atoms with Gasteiger partial charge < -0.3 is 14.8 Å². The van der Waals surface area contributed by atoms with Crippen molar-refractivity contribution < 1.29 is 14.3 Å². The number of rotatable bonds is 3. The van der Waals surface area contributed by atoms with Crippen LogP contribution in [0.4, 0.5) is 0 Å². The van der Waals surface area contributed by atoms with Crippen LogP contribution in [0.1, 0.15) is 13.3 Å². The fourth-order valence-corrected chi connectivity index (χ4v) is 1.23. The third-order valence-corrected chi connectivity index (χ3v) is 2.03. The number of hydrogen-bond acceptors (Lipinski definition) is 4. The molecule has 0 saturated carbocycles. The molecule has 0 aromatic heterocycles. The van der Waals surface area contributed by atoms with E-state index in [-0.39, 0.29) is 0 Å². The minimum absolute atomic E-state index is 0.439. The van der Waals surface area contributed by atoms with Crippen molar-refractivity contribution in [2.45, 2.75) is 19.1 Å². The Morgan fingerprint density at radius 2 is 2.62 bits per heavy atom. The summed E-state index contributed by atoms with van der Waals surface area (Å²) in [6.45, 7) is 7.17. The highest BCUT2D eigenvalue weighted by atomic mass is 16.7. The van der Waals surface area contributed by atoms with Gasteiger partial charge in [0.05, 0.1) is 13.2 Å². The average molecular weight is 185 g/mol. The van der Waals surface area contributed by atoms with E-state index in [0.717, 1.165) is 12.6 Å². The molecule has 0 amide bonds. The molecule has 1 atom stereocenters. The van der Waals surface area contributed by atoms with Gasteiger partial charge in [-0.3, -0.25) is 0 Å². The Kier molecular flexibility index (Phi) is 3.45. The maximum atomic E-state index is 11.0. The quantitative estimate of drug-likeness (QED) is 0.512. The summed E-state index contributed by atoms with van der Waals surface area (Å²) in [5, 5.41) is 3.12. The molecule has 1 saturated heterocycles. The molecule has 74 valence electrons. The van der Waals surface area contributed by atoms with Gasteiger partial charge >= 0.3 is 5.97 Å². The van der Waals surface area contributed by atoms with E-state index >= 15 is 0 Å². The number of morpholine rings is 1. The maximum Gasteiger partial charge on any atom is 0.332 e. The number of esters is 1. The summed E-state index contributed by atoms with van der Waals surface area (Å²) in [7, 11) is 0. The lowest BCUT2D eigenvalue weighted by atomic mass is 10.2. The van der Waals surface area contributed by atoms with Crippen LogP contribution in [0.2, 0.25) is 0 Å². The lowest BCUT2D eigenvalue weighted by Gasteiger charge is -2.35. The lowest BCUT2D eigenvalue weighted by Crippen LogP contribution is -2.52. The summed E-state index contributed by atoms with van der Waals surface area (Å²) in [5.74, 6) is -1.23. The number of nitrogens with one attached hydrogen (secondary N) is 1. The second kappa shape index (κ2) is 4.39. The molecule has 1 aliphatic heterocycles. The molecule has 0 radical (unpaired) electrons. The molecule has 13 heavy (non-hydrogen) atoms. The molecule has 4 nitrogen and oxygen atoms in total. The van der Waals surface area contributed by atoms with Crippen LogP contribution in [0.5, 0.6) is 0 Å². The van der Waals surface area contributed by atoms with Gasteiger partial charge in [-0.25, -0.2) is 4.79 Å². The molecule has 1 heterocycles. The first-order valence-corrected chi connectivity index (χ1v) is 4.42. The molecule has 0 spiro atoms. The Morgan fingerprint density at radius 1 is 1.85 bits per heavy atom. The highest BCUT2D eigenvalue weighted by molar-refractivity contribution is 5.81. The predicted octanol–water partition coefficient (Wildman–Crippen LogP) is 0.442. The van der Waals surface area contributed by atoms with Gasteiger partial charge in [-0.05, 0) is 0 Å². The van der Waals surface area contributed by atoms with E-state index in [9.17, 15) is 4.79 Å². The number of carbonyl (C=O) groups excluding carboxylic acids is 1. The Balaban J connectivity index is 2.56. The fraction of sp³-hybridized carbons (Fsp3) is 0.667. The third-order valence-electron chi connectivity index (χ3n) is 2.03. The van der Waals surface area contributed by atoms with Crippen molar-refractivity contribution in [2.24, 2.45) is 0 Å². The van der Waals surface area contributed by atoms with E-state index in [1.54, 1.807) is 0 Å².